The predicted molar refractivity (Wildman–Crippen MR) is 95.5 cm³/mol. The summed E-state index contributed by atoms with van der Waals surface area (Å²) in [5.41, 5.74) is 2.11. The van der Waals surface area contributed by atoms with E-state index in [1.54, 1.807) is 6.21 Å². The molecule has 1 fully saturated rings. The van der Waals surface area contributed by atoms with E-state index < -0.39 is 11.2 Å². The Kier molecular flexibility index (Phi) is 4.61. The lowest BCUT2D eigenvalue weighted by Gasteiger charge is -2.04. The van der Waals surface area contributed by atoms with E-state index in [-0.39, 0.29) is 12.3 Å². The first kappa shape index (κ1) is 16.2. The van der Waals surface area contributed by atoms with Gasteiger partial charge in [0.15, 0.2) is 5.17 Å². The number of hydrogen-bond acceptors (Lipinski definition) is 5. The number of amides is 1. The van der Waals surface area contributed by atoms with E-state index in [4.69, 9.17) is 5.11 Å². The molecule has 1 atom stereocenters. The molecular weight excluding hydrogens is 326 g/mol. The number of carbonyl (C=O) groups is 2. The lowest BCUT2D eigenvalue weighted by Crippen LogP contribution is -2.26. The van der Waals surface area contributed by atoms with E-state index in [1.807, 2.05) is 30.3 Å². The molecule has 1 aliphatic heterocycles. The zero-order chi connectivity index (χ0) is 17.1. The summed E-state index contributed by atoms with van der Waals surface area (Å²) in [6.07, 6.45) is 1.40. The molecule has 0 bridgehead atoms. The van der Waals surface area contributed by atoms with Gasteiger partial charge in [-0.15, -0.1) is 5.10 Å². The second kappa shape index (κ2) is 6.84. The summed E-state index contributed by atoms with van der Waals surface area (Å²) in [4.78, 5) is 22.3. The minimum Gasteiger partial charge on any atom is -0.481 e. The van der Waals surface area contributed by atoms with E-state index >= 15 is 0 Å². The third-order valence-corrected chi connectivity index (χ3v) is 4.73. The van der Waals surface area contributed by atoms with E-state index in [1.165, 1.54) is 5.56 Å². The number of thioether (sulfide) groups is 1. The normalized spacial score (nSPS) is 19.3. The van der Waals surface area contributed by atoms with Crippen molar-refractivity contribution in [2.75, 3.05) is 0 Å². The van der Waals surface area contributed by atoms with E-state index in [0.29, 0.717) is 5.17 Å². The van der Waals surface area contributed by atoms with Gasteiger partial charge in [-0.2, -0.15) is 5.10 Å². The highest BCUT2D eigenvalue weighted by Crippen LogP contribution is 2.23. The van der Waals surface area contributed by atoms with Crippen molar-refractivity contribution < 1.29 is 14.7 Å². The van der Waals surface area contributed by atoms with Crippen LogP contribution in [0.2, 0.25) is 0 Å². The van der Waals surface area contributed by atoms with E-state index in [9.17, 15) is 9.59 Å². The van der Waals surface area contributed by atoms with Gasteiger partial charge in [-0.1, -0.05) is 48.2 Å². The van der Waals surface area contributed by atoms with Crippen molar-refractivity contribution in [3.05, 3.63) is 47.5 Å². The lowest BCUT2D eigenvalue weighted by atomic mass is 10.0. The summed E-state index contributed by atoms with van der Waals surface area (Å²) in [5.74, 6) is -1.37. The average molecular weight is 341 g/mol. The van der Waals surface area contributed by atoms with Crippen LogP contribution in [0.25, 0.3) is 10.8 Å². The van der Waals surface area contributed by atoms with Gasteiger partial charge in [0, 0.05) is 5.56 Å². The zero-order valence-corrected chi connectivity index (χ0v) is 13.7. The number of carboxylic acid groups (broad SMARTS) is 1. The number of carboxylic acids is 1. The first-order valence-corrected chi connectivity index (χ1v) is 8.21. The topological polar surface area (TPSA) is 91.1 Å². The summed E-state index contributed by atoms with van der Waals surface area (Å²) in [7, 11) is 0. The molecule has 0 aromatic heterocycles. The summed E-state index contributed by atoms with van der Waals surface area (Å²) < 4.78 is 0. The van der Waals surface area contributed by atoms with Crippen LogP contribution in [0, 0.1) is 6.92 Å². The van der Waals surface area contributed by atoms with Crippen molar-refractivity contribution in [1.29, 1.82) is 0 Å². The highest BCUT2D eigenvalue weighted by Gasteiger charge is 2.32. The third-order valence-electron chi connectivity index (χ3n) is 3.66. The Bertz CT molecular complexity index is 877. The monoisotopic (exact) mass is 341 g/mol. The molecule has 7 heteroatoms. The van der Waals surface area contributed by atoms with Gasteiger partial charge in [-0.3, -0.25) is 9.59 Å². The van der Waals surface area contributed by atoms with Gasteiger partial charge in [-0.05, 0) is 23.3 Å². The Morgan fingerprint density at radius 1 is 1.29 bits per heavy atom. The molecule has 3 rings (SSSR count). The number of carbonyl (C=O) groups excluding carboxylic acids is 1. The van der Waals surface area contributed by atoms with Crippen LogP contribution in [0.4, 0.5) is 0 Å². The Morgan fingerprint density at radius 2 is 2.04 bits per heavy atom. The second-order valence-electron chi connectivity index (χ2n) is 5.36. The Hall–Kier alpha value is -2.67. The van der Waals surface area contributed by atoms with Gasteiger partial charge >= 0.3 is 5.97 Å². The largest absolute Gasteiger partial charge is 0.481 e. The fourth-order valence-electron chi connectivity index (χ4n) is 2.47. The molecule has 1 unspecified atom stereocenters. The molecule has 2 aromatic carbocycles. The third kappa shape index (κ3) is 3.46. The van der Waals surface area contributed by atoms with Gasteiger partial charge in [0.25, 0.3) is 0 Å². The fourth-order valence-corrected chi connectivity index (χ4v) is 3.39. The average Bonchev–Trinajstić information content (AvgIpc) is 2.89. The van der Waals surface area contributed by atoms with Gasteiger partial charge in [-0.25, -0.2) is 0 Å². The number of amidine groups is 1. The first-order chi connectivity index (χ1) is 11.5. The molecule has 0 saturated carbocycles. The number of benzene rings is 2. The van der Waals surface area contributed by atoms with Gasteiger partial charge in [0.05, 0.1) is 12.6 Å². The maximum absolute atomic E-state index is 11.6. The van der Waals surface area contributed by atoms with Gasteiger partial charge in [0.2, 0.25) is 5.91 Å². The van der Waals surface area contributed by atoms with Crippen LogP contribution in [-0.4, -0.2) is 33.6 Å². The van der Waals surface area contributed by atoms with Crippen molar-refractivity contribution in [3.8, 4) is 0 Å². The van der Waals surface area contributed by atoms with Crippen LogP contribution in [0.3, 0.4) is 0 Å². The number of fused-ring (bicyclic) bond motifs is 1. The number of hydrogen-bond donors (Lipinski definition) is 2. The minimum atomic E-state index is -1.02. The molecule has 1 aliphatic rings. The molecule has 2 N–H and O–H groups in total. The van der Waals surface area contributed by atoms with Crippen molar-refractivity contribution >= 4 is 45.8 Å². The molecule has 1 amide bonds. The molecule has 0 spiro atoms. The highest BCUT2D eigenvalue weighted by atomic mass is 32.2. The summed E-state index contributed by atoms with van der Waals surface area (Å²) >= 11 is 1.08. The predicted octanol–water partition coefficient (Wildman–Crippen LogP) is 2.54. The molecule has 24 heavy (non-hydrogen) atoms. The summed E-state index contributed by atoms with van der Waals surface area (Å²) in [5, 5.41) is 21.2. The van der Waals surface area contributed by atoms with Crippen molar-refractivity contribution in [1.82, 2.24) is 5.32 Å². The number of aliphatic carboxylic acids is 1. The maximum Gasteiger partial charge on any atom is 0.305 e. The van der Waals surface area contributed by atoms with Crippen LogP contribution in [0.15, 0.2) is 46.6 Å². The standard InChI is InChI=1S/C17H15N3O3S/c1-10-6-7-11(13-5-3-2-4-12(10)13)9-18-20-17-19-16(23)14(24-17)8-15(21)22/h2-7,9,14H,8H2,1H3,(H,21,22)(H,19,20,23). The van der Waals surface area contributed by atoms with Crippen LogP contribution < -0.4 is 5.32 Å². The number of nitrogens with zero attached hydrogens (tertiary/aromatic N) is 2. The Balaban J connectivity index is 1.79. The number of nitrogens with one attached hydrogen (secondary N) is 1. The molecule has 122 valence electrons. The van der Waals surface area contributed by atoms with Gasteiger partial charge in [0.1, 0.15) is 5.25 Å². The number of rotatable bonds is 4. The maximum atomic E-state index is 11.6. The molecule has 0 radical (unpaired) electrons. The zero-order valence-electron chi connectivity index (χ0n) is 12.9. The fraction of sp³-hybridized carbons (Fsp3) is 0.176. The second-order valence-corrected chi connectivity index (χ2v) is 6.55. The van der Waals surface area contributed by atoms with E-state index in [2.05, 4.69) is 28.5 Å². The van der Waals surface area contributed by atoms with E-state index in [0.717, 1.165) is 28.1 Å². The quantitative estimate of drug-likeness (QED) is 0.660. The van der Waals surface area contributed by atoms with Crippen molar-refractivity contribution in [2.45, 2.75) is 18.6 Å². The minimum absolute atomic E-state index is 0.234. The summed E-state index contributed by atoms with van der Waals surface area (Å²) in [6, 6.07) is 12.0. The lowest BCUT2D eigenvalue weighted by molar-refractivity contribution is -0.138. The number of aryl methyl sites for hydroxylation is 1. The molecule has 1 heterocycles. The molecule has 0 aliphatic carbocycles. The highest BCUT2D eigenvalue weighted by molar-refractivity contribution is 8.15. The first-order valence-electron chi connectivity index (χ1n) is 7.33. The van der Waals surface area contributed by atoms with Crippen LogP contribution in [0.5, 0.6) is 0 Å². The molecule has 1 saturated heterocycles. The van der Waals surface area contributed by atoms with Crippen LogP contribution >= 0.6 is 11.8 Å². The van der Waals surface area contributed by atoms with Gasteiger partial charge < -0.3 is 10.4 Å². The van der Waals surface area contributed by atoms with Crippen molar-refractivity contribution in [2.24, 2.45) is 10.2 Å². The smallest absolute Gasteiger partial charge is 0.305 e. The van der Waals surface area contributed by atoms with Crippen LogP contribution in [-0.2, 0) is 9.59 Å². The van der Waals surface area contributed by atoms with Crippen LogP contribution in [0.1, 0.15) is 17.5 Å². The molecule has 6 nitrogen and oxygen atoms in total. The molecule has 2 aromatic rings. The SMILES string of the molecule is Cc1ccc(C=NN=C2NC(=O)C(CC(=O)O)S2)c2ccccc12. The Morgan fingerprint density at radius 3 is 2.79 bits per heavy atom. The Labute approximate surface area is 142 Å². The summed E-state index contributed by atoms with van der Waals surface area (Å²) in [6.45, 7) is 2.05. The van der Waals surface area contributed by atoms with Crippen molar-refractivity contribution in [3.63, 3.8) is 0 Å². The molecular formula is C17H15N3O3S.